The van der Waals surface area contributed by atoms with E-state index in [-0.39, 0.29) is 6.04 Å². The van der Waals surface area contributed by atoms with Crippen LogP contribution in [0.1, 0.15) is 24.5 Å². The fraction of sp³-hybridized carbons (Fsp3) is 0.357. The Kier molecular flexibility index (Phi) is 4.73. The minimum Gasteiger partial charge on any atom is -0.327 e. The van der Waals surface area contributed by atoms with Gasteiger partial charge in [-0.05, 0) is 30.5 Å². The van der Waals surface area contributed by atoms with Crippen molar-refractivity contribution in [2.24, 2.45) is 5.73 Å². The Labute approximate surface area is 129 Å². The van der Waals surface area contributed by atoms with Crippen LogP contribution in [0.2, 0.25) is 0 Å². The van der Waals surface area contributed by atoms with Gasteiger partial charge >= 0.3 is 6.18 Å². The Morgan fingerprint density at radius 2 is 2.10 bits per heavy atom. The van der Waals surface area contributed by atoms with Crippen LogP contribution in [0.5, 0.6) is 0 Å². The third-order valence-corrected chi connectivity index (χ3v) is 3.96. The molecule has 7 heteroatoms. The van der Waals surface area contributed by atoms with Gasteiger partial charge in [0.2, 0.25) is 0 Å². The molecule has 2 N–H and O–H groups in total. The zero-order valence-corrected chi connectivity index (χ0v) is 12.9. The van der Waals surface area contributed by atoms with Crippen LogP contribution in [-0.2, 0) is 12.6 Å². The van der Waals surface area contributed by atoms with E-state index in [0.29, 0.717) is 12.1 Å². The van der Waals surface area contributed by atoms with Crippen LogP contribution in [0.15, 0.2) is 35.1 Å². The molecule has 0 amide bonds. The Hall–Kier alpha value is -1.34. The van der Waals surface area contributed by atoms with Gasteiger partial charge in [0.15, 0.2) is 0 Å². The van der Waals surface area contributed by atoms with E-state index in [1.165, 1.54) is 4.68 Å². The first-order chi connectivity index (χ1) is 9.81. The van der Waals surface area contributed by atoms with Crippen LogP contribution in [0.4, 0.5) is 13.2 Å². The van der Waals surface area contributed by atoms with Crippen molar-refractivity contribution in [1.29, 1.82) is 0 Å². The lowest BCUT2D eigenvalue weighted by Crippen LogP contribution is -2.21. The van der Waals surface area contributed by atoms with E-state index in [2.05, 4.69) is 21.0 Å². The molecule has 0 radical (unpaired) electrons. The smallest absolute Gasteiger partial charge is 0.327 e. The molecule has 21 heavy (non-hydrogen) atoms. The maximum atomic E-state index is 12.6. The zero-order chi connectivity index (χ0) is 15.6. The summed E-state index contributed by atoms with van der Waals surface area (Å²) in [6, 6.07) is 5.39. The van der Waals surface area contributed by atoms with Gasteiger partial charge in [-0.2, -0.15) is 18.3 Å². The molecule has 1 atom stereocenters. The van der Waals surface area contributed by atoms with Gasteiger partial charge in [0.1, 0.15) is 0 Å². The lowest BCUT2D eigenvalue weighted by atomic mass is 10.0. The van der Waals surface area contributed by atoms with Gasteiger partial charge in [-0.25, -0.2) is 4.68 Å². The first-order valence-electron chi connectivity index (χ1n) is 6.47. The van der Waals surface area contributed by atoms with E-state index in [1.807, 2.05) is 13.0 Å². The summed E-state index contributed by atoms with van der Waals surface area (Å²) < 4.78 is 39.7. The number of hydrogen-bond acceptors (Lipinski definition) is 2. The summed E-state index contributed by atoms with van der Waals surface area (Å²) in [5.74, 6) is 0. The molecule has 2 rings (SSSR count). The molecule has 0 saturated carbocycles. The average Bonchev–Trinajstić information content (AvgIpc) is 2.90. The SMILES string of the molecule is CCC(N)Cc1ccc(-n2cc(C(F)(F)F)cn2)cc1Br. The zero-order valence-electron chi connectivity index (χ0n) is 11.4. The van der Waals surface area contributed by atoms with E-state index in [1.54, 1.807) is 12.1 Å². The second-order valence-electron chi connectivity index (χ2n) is 4.82. The molecule has 3 nitrogen and oxygen atoms in total. The fourth-order valence-electron chi connectivity index (χ4n) is 1.88. The van der Waals surface area contributed by atoms with Gasteiger partial charge in [0.25, 0.3) is 0 Å². The quantitative estimate of drug-likeness (QED) is 0.896. The molecule has 114 valence electrons. The Morgan fingerprint density at radius 3 is 2.62 bits per heavy atom. The number of halogens is 4. The highest BCUT2D eigenvalue weighted by Gasteiger charge is 2.32. The van der Waals surface area contributed by atoms with E-state index < -0.39 is 11.7 Å². The molecular weight excluding hydrogens is 347 g/mol. The Bertz CT molecular complexity index is 622. The minimum atomic E-state index is -4.39. The molecule has 0 aliphatic carbocycles. The van der Waals surface area contributed by atoms with E-state index >= 15 is 0 Å². The summed E-state index contributed by atoms with van der Waals surface area (Å²) >= 11 is 3.43. The highest BCUT2D eigenvalue weighted by Crippen LogP contribution is 2.29. The molecule has 0 spiro atoms. The van der Waals surface area contributed by atoms with Crippen molar-refractivity contribution in [3.8, 4) is 5.69 Å². The summed E-state index contributed by atoms with van der Waals surface area (Å²) in [5, 5.41) is 3.75. The first-order valence-corrected chi connectivity index (χ1v) is 7.26. The predicted octanol–water partition coefficient (Wildman–Crippen LogP) is 3.93. The number of rotatable bonds is 4. The summed E-state index contributed by atoms with van der Waals surface area (Å²) in [5.41, 5.74) is 6.73. The van der Waals surface area contributed by atoms with Crippen LogP contribution in [0.25, 0.3) is 5.69 Å². The largest absolute Gasteiger partial charge is 0.419 e. The van der Waals surface area contributed by atoms with Gasteiger partial charge in [-0.3, -0.25) is 0 Å². The monoisotopic (exact) mass is 361 g/mol. The van der Waals surface area contributed by atoms with Crippen molar-refractivity contribution < 1.29 is 13.2 Å². The molecule has 0 bridgehead atoms. The molecule has 1 unspecified atom stereocenters. The summed E-state index contributed by atoms with van der Waals surface area (Å²) in [6.07, 6.45) is -1.02. The molecular formula is C14H15BrF3N3. The molecule has 2 aromatic rings. The third-order valence-electron chi connectivity index (χ3n) is 3.22. The molecule has 0 fully saturated rings. The molecule has 1 aromatic heterocycles. The summed E-state index contributed by atoms with van der Waals surface area (Å²) in [6.45, 7) is 2.01. The summed E-state index contributed by atoms with van der Waals surface area (Å²) in [4.78, 5) is 0. The van der Waals surface area contributed by atoms with Crippen LogP contribution in [0, 0.1) is 0 Å². The third kappa shape index (κ3) is 3.85. The fourth-order valence-corrected chi connectivity index (χ4v) is 2.41. The number of nitrogens with zero attached hydrogens (tertiary/aromatic N) is 2. The molecule has 0 aliphatic heterocycles. The highest BCUT2D eigenvalue weighted by molar-refractivity contribution is 9.10. The van der Waals surface area contributed by atoms with Crippen LogP contribution in [0.3, 0.4) is 0 Å². The van der Waals surface area contributed by atoms with Crippen LogP contribution < -0.4 is 5.73 Å². The van der Waals surface area contributed by atoms with Crippen LogP contribution >= 0.6 is 15.9 Å². The highest BCUT2D eigenvalue weighted by atomic mass is 79.9. The number of alkyl halides is 3. The maximum absolute atomic E-state index is 12.6. The van der Waals surface area contributed by atoms with E-state index in [0.717, 1.165) is 28.9 Å². The van der Waals surface area contributed by atoms with E-state index in [4.69, 9.17) is 5.73 Å². The van der Waals surface area contributed by atoms with Crippen molar-refractivity contribution in [2.45, 2.75) is 32.0 Å². The van der Waals surface area contributed by atoms with E-state index in [9.17, 15) is 13.2 Å². The normalized spacial score (nSPS) is 13.4. The number of hydrogen-bond donors (Lipinski definition) is 1. The van der Waals surface area contributed by atoms with Crippen molar-refractivity contribution >= 4 is 15.9 Å². The lowest BCUT2D eigenvalue weighted by molar-refractivity contribution is -0.137. The van der Waals surface area contributed by atoms with Gasteiger partial charge < -0.3 is 5.73 Å². The minimum absolute atomic E-state index is 0.0636. The van der Waals surface area contributed by atoms with Gasteiger partial charge in [-0.15, -0.1) is 0 Å². The molecule has 0 saturated heterocycles. The molecule has 1 heterocycles. The van der Waals surface area contributed by atoms with Crippen LogP contribution in [-0.4, -0.2) is 15.8 Å². The van der Waals surface area contributed by atoms with Crippen molar-refractivity contribution in [3.63, 3.8) is 0 Å². The molecule has 1 aromatic carbocycles. The van der Waals surface area contributed by atoms with Crippen molar-refractivity contribution in [1.82, 2.24) is 9.78 Å². The first kappa shape index (κ1) is 16.0. The standard InChI is InChI=1S/C14H15BrF3N3/c1-2-11(19)5-9-3-4-12(6-13(9)15)21-8-10(7-20-21)14(16,17)18/h3-4,6-8,11H,2,5,19H2,1H3. The maximum Gasteiger partial charge on any atom is 0.419 e. The molecule has 0 aliphatic rings. The Balaban J connectivity index is 2.26. The van der Waals surface area contributed by atoms with Gasteiger partial charge in [0, 0.05) is 16.7 Å². The lowest BCUT2D eigenvalue weighted by Gasteiger charge is -2.11. The van der Waals surface area contributed by atoms with Gasteiger partial charge in [-0.1, -0.05) is 28.9 Å². The second-order valence-corrected chi connectivity index (χ2v) is 5.67. The van der Waals surface area contributed by atoms with Crippen molar-refractivity contribution in [2.75, 3.05) is 0 Å². The predicted molar refractivity (Wildman–Crippen MR) is 78.2 cm³/mol. The average molecular weight is 362 g/mol. The number of aromatic nitrogens is 2. The Morgan fingerprint density at radius 1 is 1.38 bits per heavy atom. The number of benzene rings is 1. The number of nitrogens with two attached hydrogens (primary N) is 1. The van der Waals surface area contributed by atoms with Gasteiger partial charge in [0.05, 0.1) is 17.4 Å². The summed E-state index contributed by atoms with van der Waals surface area (Å²) in [7, 11) is 0. The second kappa shape index (κ2) is 6.19. The van der Waals surface area contributed by atoms with Crippen molar-refractivity contribution in [3.05, 3.63) is 46.2 Å². The topological polar surface area (TPSA) is 43.8 Å².